The molecule has 1 atom stereocenters. The van der Waals surface area contributed by atoms with Gasteiger partial charge in [0.2, 0.25) is 10.3 Å². The third-order valence-corrected chi connectivity index (χ3v) is 5.05. The highest BCUT2D eigenvalue weighted by atomic mass is 32.2. The van der Waals surface area contributed by atoms with E-state index in [0.717, 1.165) is 22.2 Å². The molecule has 0 bridgehead atoms. The number of methoxy groups -OCH3 is 1. The minimum atomic E-state index is -0.411. The number of hydrogen-bond acceptors (Lipinski definition) is 7. The summed E-state index contributed by atoms with van der Waals surface area (Å²) in [4.78, 5) is 17.3. The second-order valence-corrected chi connectivity index (χ2v) is 8.15. The molecule has 0 radical (unpaired) electrons. The molecule has 7 nitrogen and oxygen atoms in total. The minimum absolute atomic E-state index is 0.133. The average molecular weight is 383 g/mol. The first kappa shape index (κ1) is 19.5. The molecule has 9 heteroatoms. The van der Waals surface area contributed by atoms with Crippen molar-refractivity contribution in [3.05, 3.63) is 24.3 Å². The molecular formula is C16H22N4O3S2. The van der Waals surface area contributed by atoms with E-state index < -0.39 is 6.03 Å². The molecule has 2 rings (SSSR count). The van der Waals surface area contributed by atoms with Crippen LogP contribution in [0.2, 0.25) is 0 Å². The van der Waals surface area contributed by atoms with Crippen molar-refractivity contribution in [1.29, 1.82) is 0 Å². The number of aromatic nitrogens is 2. The predicted molar refractivity (Wildman–Crippen MR) is 99.5 cm³/mol. The number of urea groups is 1. The molecular weight excluding hydrogens is 360 g/mol. The number of nitrogens with zero attached hydrogens (tertiary/aromatic N) is 2. The Morgan fingerprint density at radius 3 is 2.60 bits per heavy atom. The van der Waals surface area contributed by atoms with Gasteiger partial charge in [0, 0.05) is 16.4 Å². The number of hydrogen-bond donors (Lipinski definition) is 3. The molecule has 0 aliphatic carbocycles. The largest absolute Gasteiger partial charge is 0.497 e. The normalized spacial score (nSPS) is 12.5. The highest BCUT2D eigenvalue weighted by Gasteiger charge is 2.25. The first-order chi connectivity index (χ1) is 11.8. The van der Waals surface area contributed by atoms with Crippen LogP contribution in [0.5, 0.6) is 5.75 Å². The van der Waals surface area contributed by atoms with E-state index in [1.165, 1.54) is 11.8 Å². The lowest BCUT2D eigenvalue weighted by Crippen LogP contribution is -2.47. The van der Waals surface area contributed by atoms with Crippen LogP contribution in [0.15, 0.2) is 34.3 Å². The lowest BCUT2D eigenvalue weighted by Gasteiger charge is -2.29. The van der Waals surface area contributed by atoms with Crippen LogP contribution in [0.25, 0.3) is 0 Å². The van der Waals surface area contributed by atoms with Crippen molar-refractivity contribution < 1.29 is 14.6 Å². The molecule has 1 aromatic heterocycles. The number of benzene rings is 1. The molecule has 0 saturated heterocycles. The fourth-order valence-electron chi connectivity index (χ4n) is 1.88. The van der Waals surface area contributed by atoms with Crippen molar-refractivity contribution in [2.24, 2.45) is 5.41 Å². The van der Waals surface area contributed by atoms with Crippen LogP contribution >= 0.6 is 23.3 Å². The van der Waals surface area contributed by atoms with Gasteiger partial charge in [-0.15, -0.1) is 0 Å². The van der Waals surface area contributed by atoms with E-state index in [1.54, 1.807) is 7.11 Å². The summed E-state index contributed by atoms with van der Waals surface area (Å²) in [5.41, 5.74) is -0.247. The Kier molecular flexibility index (Phi) is 6.63. The zero-order chi connectivity index (χ0) is 18.4. The standard InChI is InChI=1S/C16H22N4O3S2/c1-16(2,3)12(9-21)17-13(22)18-14-19-15(20-25-14)24-11-7-5-10(23-4)6-8-11/h5-8,12,21H,9H2,1-4H3,(H2,17,18,19,20,22)/t12-/m1/s1. The third-order valence-electron chi connectivity index (χ3n) is 3.43. The van der Waals surface area contributed by atoms with Crippen molar-refractivity contribution in [3.63, 3.8) is 0 Å². The van der Waals surface area contributed by atoms with Crippen LogP contribution in [-0.4, -0.2) is 40.3 Å². The van der Waals surface area contributed by atoms with Gasteiger partial charge in [-0.3, -0.25) is 5.32 Å². The first-order valence-electron chi connectivity index (χ1n) is 7.66. The van der Waals surface area contributed by atoms with Gasteiger partial charge in [0.05, 0.1) is 19.8 Å². The third kappa shape index (κ3) is 5.87. The van der Waals surface area contributed by atoms with Crippen molar-refractivity contribution in [2.75, 3.05) is 19.0 Å². The number of aliphatic hydroxyl groups is 1. The van der Waals surface area contributed by atoms with Crippen molar-refractivity contribution in [2.45, 2.75) is 36.9 Å². The van der Waals surface area contributed by atoms with Crippen molar-refractivity contribution in [3.8, 4) is 5.75 Å². The van der Waals surface area contributed by atoms with E-state index in [-0.39, 0.29) is 18.1 Å². The molecule has 0 fully saturated rings. The number of carbonyl (C=O) groups is 1. The summed E-state index contributed by atoms with van der Waals surface area (Å²) < 4.78 is 9.35. The molecule has 0 saturated carbocycles. The van der Waals surface area contributed by atoms with Crippen molar-refractivity contribution in [1.82, 2.24) is 14.7 Å². The quantitative estimate of drug-likeness (QED) is 0.710. The summed E-state index contributed by atoms with van der Waals surface area (Å²) >= 11 is 2.50. The molecule has 0 aliphatic heterocycles. The maximum atomic E-state index is 12.1. The Morgan fingerprint density at radius 1 is 1.36 bits per heavy atom. The molecule has 0 spiro atoms. The zero-order valence-electron chi connectivity index (χ0n) is 14.6. The van der Waals surface area contributed by atoms with E-state index in [1.807, 2.05) is 45.0 Å². The monoisotopic (exact) mass is 382 g/mol. The topological polar surface area (TPSA) is 96.4 Å². The molecule has 2 aromatic rings. The van der Waals surface area contributed by atoms with E-state index in [0.29, 0.717) is 10.3 Å². The molecule has 1 aromatic carbocycles. The Bertz CT molecular complexity index is 698. The van der Waals surface area contributed by atoms with Crippen LogP contribution in [0.3, 0.4) is 0 Å². The summed E-state index contributed by atoms with van der Waals surface area (Å²) in [6.45, 7) is 5.71. The minimum Gasteiger partial charge on any atom is -0.497 e. The number of ether oxygens (including phenoxy) is 1. The summed E-state index contributed by atoms with van der Waals surface area (Å²) in [7, 11) is 1.62. The average Bonchev–Trinajstić information content (AvgIpc) is 2.99. The highest BCUT2D eigenvalue weighted by Crippen LogP contribution is 2.29. The Morgan fingerprint density at radius 2 is 2.04 bits per heavy atom. The van der Waals surface area contributed by atoms with Gasteiger partial charge in [-0.05, 0) is 41.4 Å². The molecule has 0 unspecified atom stereocenters. The number of nitrogens with one attached hydrogen (secondary N) is 2. The van der Waals surface area contributed by atoms with Crippen molar-refractivity contribution >= 4 is 34.5 Å². The second kappa shape index (κ2) is 8.50. The van der Waals surface area contributed by atoms with Gasteiger partial charge < -0.3 is 15.2 Å². The molecule has 0 aliphatic rings. The number of anilines is 1. The van der Waals surface area contributed by atoms with Gasteiger partial charge in [-0.1, -0.05) is 20.8 Å². The van der Waals surface area contributed by atoms with Gasteiger partial charge >= 0.3 is 6.03 Å². The SMILES string of the molecule is COc1ccc(Sc2nsc(NC(=O)N[C@H](CO)C(C)(C)C)n2)cc1. The van der Waals surface area contributed by atoms with Gasteiger partial charge in [-0.25, -0.2) is 4.79 Å². The molecule has 1 heterocycles. The summed E-state index contributed by atoms with van der Waals surface area (Å²) in [5, 5.41) is 15.8. The number of carbonyl (C=O) groups excluding carboxylic acids is 1. The van der Waals surface area contributed by atoms with Gasteiger partial charge in [0.1, 0.15) is 5.75 Å². The summed E-state index contributed by atoms with van der Waals surface area (Å²) in [5.74, 6) is 0.784. The Labute approximate surface area is 155 Å². The highest BCUT2D eigenvalue weighted by molar-refractivity contribution is 7.99. The zero-order valence-corrected chi connectivity index (χ0v) is 16.2. The van der Waals surface area contributed by atoms with Crippen LogP contribution in [-0.2, 0) is 0 Å². The van der Waals surface area contributed by atoms with E-state index in [9.17, 15) is 9.90 Å². The smallest absolute Gasteiger partial charge is 0.321 e. The molecule has 3 N–H and O–H groups in total. The van der Waals surface area contributed by atoms with Gasteiger partial charge in [0.15, 0.2) is 0 Å². The second-order valence-electron chi connectivity index (χ2n) is 6.36. The first-order valence-corrected chi connectivity index (χ1v) is 9.25. The summed E-state index contributed by atoms with van der Waals surface area (Å²) in [6, 6.07) is 6.80. The van der Waals surface area contributed by atoms with Gasteiger partial charge in [-0.2, -0.15) is 9.36 Å². The molecule has 136 valence electrons. The van der Waals surface area contributed by atoms with Crippen LogP contribution in [0, 0.1) is 5.41 Å². The van der Waals surface area contributed by atoms with Crippen LogP contribution < -0.4 is 15.4 Å². The summed E-state index contributed by atoms with van der Waals surface area (Å²) in [6.07, 6.45) is 0. The fourth-order valence-corrected chi connectivity index (χ4v) is 3.29. The number of rotatable bonds is 6. The number of amides is 2. The number of aliphatic hydroxyl groups excluding tert-OH is 1. The molecule has 25 heavy (non-hydrogen) atoms. The van der Waals surface area contributed by atoms with Crippen LogP contribution in [0.1, 0.15) is 20.8 Å². The Hall–Kier alpha value is -1.84. The maximum Gasteiger partial charge on any atom is 0.321 e. The maximum absolute atomic E-state index is 12.1. The van der Waals surface area contributed by atoms with E-state index in [4.69, 9.17) is 4.74 Å². The van der Waals surface area contributed by atoms with E-state index in [2.05, 4.69) is 20.0 Å². The van der Waals surface area contributed by atoms with Crippen LogP contribution in [0.4, 0.5) is 9.93 Å². The van der Waals surface area contributed by atoms with Gasteiger partial charge in [0.25, 0.3) is 0 Å². The Balaban J connectivity index is 1.93. The lowest BCUT2D eigenvalue weighted by atomic mass is 9.87. The lowest BCUT2D eigenvalue weighted by molar-refractivity contribution is 0.162. The fraction of sp³-hybridized carbons (Fsp3) is 0.438. The molecule has 2 amide bonds. The predicted octanol–water partition coefficient (Wildman–Crippen LogP) is 3.23. The van der Waals surface area contributed by atoms with E-state index >= 15 is 0 Å².